The van der Waals surface area contributed by atoms with Crippen LogP contribution in [0.4, 0.5) is 0 Å². The van der Waals surface area contributed by atoms with Gasteiger partial charge in [0.15, 0.2) is 0 Å². The number of aliphatic hydroxyl groups excluding tert-OH is 1. The van der Waals surface area contributed by atoms with E-state index in [0.717, 1.165) is 55.3 Å². The highest BCUT2D eigenvalue weighted by Gasteiger charge is 2.62. The molecule has 5 saturated carbocycles. The third-order valence-electron chi connectivity index (χ3n) is 9.88. The minimum absolute atomic E-state index is 0.0326. The molecule has 24 heavy (non-hydrogen) atoms. The Bertz CT molecular complexity index is 542. The van der Waals surface area contributed by atoms with Crippen LogP contribution in [0.3, 0.4) is 0 Å². The molecule has 0 heterocycles. The van der Waals surface area contributed by atoms with Gasteiger partial charge in [0.1, 0.15) is 5.78 Å². The number of carbonyl (C=O) groups is 1. The molecule has 0 bridgehead atoms. The average Bonchev–Trinajstić information content (AvgIpc) is 2.94. The zero-order valence-electron chi connectivity index (χ0n) is 15.3. The number of fused-ring (bicyclic) bond motifs is 4. The lowest BCUT2D eigenvalue weighted by atomic mass is 9.43. The molecule has 1 spiro atoms. The van der Waals surface area contributed by atoms with E-state index in [4.69, 9.17) is 0 Å². The molecule has 2 heteroatoms. The maximum Gasteiger partial charge on any atom is 0.133 e. The van der Waals surface area contributed by atoms with Gasteiger partial charge in [-0.15, -0.1) is 0 Å². The van der Waals surface area contributed by atoms with Crippen LogP contribution < -0.4 is 0 Å². The molecule has 8 atom stereocenters. The van der Waals surface area contributed by atoms with Crippen molar-refractivity contribution in [2.24, 2.45) is 40.4 Å². The summed E-state index contributed by atoms with van der Waals surface area (Å²) >= 11 is 0. The number of ketones is 1. The van der Waals surface area contributed by atoms with Gasteiger partial charge in [-0.25, -0.2) is 0 Å². The van der Waals surface area contributed by atoms with Crippen LogP contribution in [0, 0.1) is 40.4 Å². The maximum atomic E-state index is 12.0. The third kappa shape index (κ3) is 2.01. The molecule has 0 radical (unpaired) electrons. The quantitative estimate of drug-likeness (QED) is 0.696. The lowest BCUT2D eigenvalue weighted by molar-refractivity contribution is -0.144. The molecule has 5 aliphatic rings. The van der Waals surface area contributed by atoms with Crippen molar-refractivity contribution in [1.29, 1.82) is 0 Å². The maximum absolute atomic E-state index is 12.0. The monoisotopic (exact) mass is 330 g/mol. The summed E-state index contributed by atoms with van der Waals surface area (Å²) in [5.41, 5.74) is 1.04. The predicted molar refractivity (Wildman–Crippen MR) is 94.4 cm³/mol. The van der Waals surface area contributed by atoms with Gasteiger partial charge in [0.25, 0.3) is 0 Å². The van der Waals surface area contributed by atoms with E-state index in [1.807, 2.05) is 0 Å². The van der Waals surface area contributed by atoms with E-state index in [1.54, 1.807) is 0 Å². The second kappa shape index (κ2) is 5.32. The van der Waals surface area contributed by atoms with Gasteiger partial charge in [-0.1, -0.05) is 6.92 Å². The van der Waals surface area contributed by atoms with Crippen LogP contribution in [0.5, 0.6) is 0 Å². The van der Waals surface area contributed by atoms with E-state index in [0.29, 0.717) is 16.6 Å². The zero-order valence-corrected chi connectivity index (χ0v) is 15.3. The van der Waals surface area contributed by atoms with Gasteiger partial charge >= 0.3 is 0 Å². The molecule has 5 aliphatic carbocycles. The first-order valence-corrected chi connectivity index (χ1v) is 10.7. The standard InChI is InChI=1S/C22H34O2/c1-21-9-6-16(23)12-14(21)2-4-18-19(21)8-11-22-10-7-17(24)13-15(22)3-5-20(18)22/h14-16,18-20,23H,2-13H2,1H3/t14-,15?,16-,18?,19?,20?,21+,22?/m1/s1. The molecule has 0 aromatic carbocycles. The number of aliphatic hydroxyl groups is 1. The molecule has 0 aromatic rings. The van der Waals surface area contributed by atoms with Gasteiger partial charge in [-0.3, -0.25) is 4.79 Å². The van der Waals surface area contributed by atoms with Crippen molar-refractivity contribution in [3.8, 4) is 0 Å². The number of Topliss-reactive ketones (excluding diaryl/α,β-unsaturated/α-hetero) is 1. The Balaban J connectivity index is 1.44. The average molecular weight is 331 g/mol. The molecule has 0 aliphatic heterocycles. The number of hydrogen-bond donors (Lipinski definition) is 1. The molecule has 5 unspecified atom stereocenters. The van der Waals surface area contributed by atoms with Crippen LogP contribution in [0.15, 0.2) is 0 Å². The first-order valence-electron chi connectivity index (χ1n) is 10.7. The lowest BCUT2D eigenvalue weighted by Crippen LogP contribution is -2.55. The van der Waals surface area contributed by atoms with Crippen molar-refractivity contribution < 1.29 is 9.90 Å². The Morgan fingerprint density at radius 3 is 2.62 bits per heavy atom. The molecule has 0 aromatic heterocycles. The molecule has 134 valence electrons. The largest absolute Gasteiger partial charge is 0.393 e. The van der Waals surface area contributed by atoms with Gasteiger partial charge in [0, 0.05) is 12.8 Å². The van der Waals surface area contributed by atoms with Crippen LogP contribution in [0.25, 0.3) is 0 Å². The Morgan fingerprint density at radius 1 is 0.917 bits per heavy atom. The minimum Gasteiger partial charge on any atom is -0.393 e. The van der Waals surface area contributed by atoms with E-state index >= 15 is 0 Å². The molecule has 1 N–H and O–H groups in total. The summed E-state index contributed by atoms with van der Waals surface area (Å²) in [6.07, 6.45) is 14.6. The fourth-order valence-electron chi connectivity index (χ4n) is 8.72. The van der Waals surface area contributed by atoms with Gasteiger partial charge < -0.3 is 5.11 Å². The Hall–Kier alpha value is -0.370. The van der Waals surface area contributed by atoms with E-state index in [2.05, 4.69) is 6.92 Å². The summed E-state index contributed by atoms with van der Waals surface area (Å²) in [5, 5.41) is 10.2. The van der Waals surface area contributed by atoms with Crippen molar-refractivity contribution >= 4 is 5.78 Å². The Kier molecular flexibility index (Phi) is 3.51. The summed E-state index contributed by atoms with van der Waals surface area (Å²) in [4.78, 5) is 12.0. The SMILES string of the molecule is C[C@]12CC[C@@H](O)C[C@H]1CCC1C3CCC4CC(=O)CCC43CCC12. The molecule has 0 amide bonds. The summed E-state index contributed by atoms with van der Waals surface area (Å²) in [7, 11) is 0. The number of rotatable bonds is 0. The van der Waals surface area contributed by atoms with Gasteiger partial charge in [-0.05, 0) is 105 Å². The second-order valence-corrected chi connectivity index (χ2v) is 10.4. The van der Waals surface area contributed by atoms with Crippen molar-refractivity contribution in [2.45, 2.75) is 90.1 Å². The summed E-state index contributed by atoms with van der Waals surface area (Å²) < 4.78 is 0. The van der Waals surface area contributed by atoms with Crippen LogP contribution in [-0.4, -0.2) is 17.0 Å². The molecular formula is C22H34O2. The van der Waals surface area contributed by atoms with E-state index < -0.39 is 0 Å². The molecule has 2 nitrogen and oxygen atoms in total. The van der Waals surface area contributed by atoms with Crippen molar-refractivity contribution in [3.05, 3.63) is 0 Å². The van der Waals surface area contributed by atoms with E-state index in [9.17, 15) is 9.90 Å². The smallest absolute Gasteiger partial charge is 0.133 e. The summed E-state index contributed by atoms with van der Waals surface area (Å²) in [5.74, 6) is 4.78. The molecule has 0 saturated heterocycles. The van der Waals surface area contributed by atoms with Crippen molar-refractivity contribution in [3.63, 3.8) is 0 Å². The summed E-state index contributed by atoms with van der Waals surface area (Å²) in [6.45, 7) is 2.58. The zero-order chi connectivity index (χ0) is 16.5. The van der Waals surface area contributed by atoms with Crippen molar-refractivity contribution in [2.75, 3.05) is 0 Å². The molecule has 5 rings (SSSR count). The molecule has 5 fully saturated rings. The fourth-order valence-corrected chi connectivity index (χ4v) is 8.72. The first kappa shape index (κ1) is 15.9. The van der Waals surface area contributed by atoms with E-state index in [-0.39, 0.29) is 6.10 Å². The minimum atomic E-state index is -0.0326. The van der Waals surface area contributed by atoms with Crippen LogP contribution in [0.2, 0.25) is 0 Å². The highest BCUT2D eigenvalue weighted by molar-refractivity contribution is 5.79. The second-order valence-electron chi connectivity index (χ2n) is 10.4. The van der Waals surface area contributed by atoms with Gasteiger partial charge in [0.2, 0.25) is 0 Å². The van der Waals surface area contributed by atoms with Crippen LogP contribution >= 0.6 is 0 Å². The summed E-state index contributed by atoms with van der Waals surface area (Å²) in [6, 6.07) is 0. The van der Waals surface area contributed by atoms with E-state index in [1.165, 1.54) is 51.4 Å². The fraction of sp³-hybridized carbons (Fsp3) is 0.955. The highest BCUT2D eigenvalue weighted by Crippen LogP contribution is 2.69. The topological polar surface area (TPSA) is 37.3 Å². The van der Waals surface area contributed by atoms with Gasteiger partial charge in [0.05, 0.1) is 6.10 Å². The highest BCUT2D eigenvalue weighted by atomic mass is 16.3. The normalized spacial score (nSPS) is 56.8. The molecular weight excluding hydrogens is 296 g/mol. The van der Waals surface area contributed by atoms with Crippen LogP contribution in [0.1, 0.15) is 84.0 Å². The number of carbonyl (C=O) groups excluding carboxylic acids is 1. The first-order chi connectivity index (χ1) is 11.5. The van der Waals surface area contributed by atoms with Crippen LogP contribution in [-0.2, 0) is 4.79 Å². The van der Waals surface area contributed by atoms with Gasteiger partial charge in [-0.2, -0.15) is 0 Å². The van der Waals surface area contributed by atoms with Crippen molar-refractivity contribution in [1.82, 2.24) is 0 Å². The third-order valence-corrected chi connectivity index (χ3v) is 9.88. The Labute approximate surface area is 146 Å². The Morgan fingerprint density at radius 2 is 1.75 bits per heavy atom. The lowest BCUT2D eigenvalue weighted by Gasteiger charge is -2.62. The predicted octanol–water partition coefficient (Wildman–Crippen LogP) is 4.74. The number of hydrogen-bond acceptors (Lipinski definition) is 2.